The van der Waals surface area contributed by atoms with Crippen molar-refractivity contribution in [2.75, 3.05) is 26.4 Å². The van der Waals surface area contributed by atoms with Gasteiger partial charge in [0.1, 0.15) is 42.5 Å². The Morgan fingerprint density at radius 2 is 1.05 bits per heavy atom. The summed E-state index contributed by atoms with van der Waals surface area (Å²) in [6.07, 6.45) is -6.37. The van der Waals surface area contributed by atoms with Gasteiger partial charge in [-0.1, -0.05) is 45.9 Å². The first-order valence-electron chi connectivity index (χ1n) is 21.6. The fourth-order valence-electron chi connectivity index (χ4n) is 5.91. The zero-order chi connectivity index (χ0) is 50.1. The van der Waals surface area contributed by atoms with Gasteiger partial charge in [0.15, 0.2) is 24.3 Å². The third kappa shape index (κ3) is 19.2. The van der Waals surface area contributed by atoms with Gasteiger partial charge in [-0.25, -0.2) is 24.0 Å². The number of carbonyl (C=O) groups excluding carboxylic acids is 9. The summed E-state index contributed by atoms with van der Waals surface area (Å²) in [6.45, 7) is 17.7. The molecule has 66 heavy (non-hydrogen) atoms. The number of esters is 7. The van der Waals surface area contributed by atoms with E-state index in [1.54, 1.807) is 99.6 Å². The number of ether oxygens (including phenoxy) is 9. The van der Waals surface area contributed by atoms with Crippen molar-refractivity contribution in [1.82, 2.24) is 10.6 Å². The number of aliphatic hydroxyl groups is 1. The van der Waals surface area contributed by atoms with Crippen LogP contribution < -0.4 is 10.6 Å². The number of cyclic esters (lactones) is 4. The van der Waals surface area contributed by atoms with Gasteiger partial charge in [-0.05, 0) is 80.4 Å². The monoisotopic (exact) mass is 938 g/mol. The minimum Gasteiger partial charge on any atom is -0.463 e. The fourth-order valence-corrected chi connectivity index (χ4v) is 5.91. The number of aliphatic hydroxyl groups excluding tert-OH is 1. The van der Waals surface area contributed by atoms with Crippen LogP contribution in [-0.4, -0.2) is 133 Å². The Bertz CT molecular complexity index is 1840. The van der Waals surface area contributed by atoms with Crippen molar-refractivity contribution in [2.24, 2.45) is 23.7 Å². The van der Waals surface area contributed by atoms with Crippen molar-refractivity contribution in [3.63, 3.8) is 0 Å². The van der Waals surface area contributed by atoms with Crippen LogP contribution in [0.2, 0.25) is 0 Å². The molecule has 8 atom stereocenters. The highest BCUT2D eigenvalue weighted by Gasteiger charge is 2.44. The van der Waals surface area contributed by atoms with Crippen LogP contribution in [0.3, 0.4) is 0 Å². The molecule has 0 bridgehead atoms. The second-order valence-corrected chi connectivity index (χ2v) is 18.1. The van der Waals surface area contributed by atoms with Crippen LogP contribution in [0.15, 0.2) is 30.3 Å². The molecular weight excluding hydrogens is 872 g/mol. The lowest BCUT2D eigenvalue weighted by Gasteiger charge is -2.29. The van der Waals surface area contributed by atoms with E-state index in [9.17, 15) is 48.3 Å². The van der Waals surface area contributed by atoms with Gasteiger partial charge >= 0.3 is 54.0 Å². The molecule has 2 aliphatic rings. The van der Waals surface area contributed by atoms with Crippen molar-refractivity contribution in [2.45, 2.75) is 144 Å². The number of carbonyl (C=O) groups is 9. The average molecular weight is 939 g/mol. The topological polar surface area (TPSA) is 281 Å². The number of nitrogens with one attached hydrogen (secondary N) is 2. The second kappa shape index (κ2) is 25.6. The summed E-state index contributed by atoms with van der Waals surface area (Å²) in [5.74, 6) is -8.29. The Morgan fingerprint density at radius 3 is 1.41 bits per heavy atom. The SMILES string of the molecule is CC(C)C(=O)O[C@H]1[C@H](C)OC(=O)[C@@H](NC(=O)OC(C)(C)C)COC(=O)[C@@H]1CCO.CC(C)C(=O)O[C@H]1[C@H](C)OC(=O)[C@@H](NC(=O)OC(C)(C)C)COC(=O)[C@@H]1CCOC(=O)c1ccccc1. The molecule has 1 aromatic carbocycles. The quantitative estimate of drug-likeness (QED) is 0.199. The molecule has 21 nitrogen and oxygen atoms in total. The van der Waals surface area contributed by atoms with E-state index in [0.29, 0.717) is 5.56 Å². The fraction of sp³-hybridized carbons (Fsp3) is 0.667. The highest BCUT2D eigenvalue weighted by atomic mass is 16.6. The predicted molar refractivity (Wildman–Crippen MR) is 229 cm³/mol. The summed E-state index contributed by atoms with van der Waals surface area (Å²) in [5.41, 5.74) is -1.28. The Hall–Kier alpha value is -5.99. The largest absolute Gasteiger partial charge is 0.463 e. The van der Waals surface area contributed by atoms with E-state index >= 15 is 0 Å². The van der Waals surface area contributed by atoms with E-state index in [4.69, 9.17) is 42.6 Å². The van der Waals surface area contributed by atoms with E-state index in [-0.39, 0.29) is 26.1 Å². The third-order valence-electron chi connectivity index (χ3n) is 9.22. The first kappa shape index (κ1) is 56.1. The lowest BCUT2D eigenvalue weighted by atomic mass is 9.94. The van der Waals surface area contributed by atoms with Crippen LogP contribution in [0.25, 0.3) is 0 Å². The highest BCUT2D eigenvalue weighted by Crippen LogP contribution is 2.26. The van der Waals surface area contributed by atoms with Gasteiger partial charge in [0.05, 0.1) is 29.9 Å². The molecular formula is C45H66N2O19. The molecule has 0 aromatic heterocycles. The summed E-state index contributed by atoms with van der Waals surface area (Å²) < 4.78 is 47.7. The molecule has 2 aliphatic heterocycles. The Labute approximate surface area is 384 Å². The first-order valence-corrected chi connectivity index (χ1v) is 21.6. The van der Waals surface area contributed by atoms with Crippen LogP contribution in [0, 0.1) is 23.7 Å². The number of rotatable bonds is 12. The van der Waals surface area contributed by atoms with Crippen LogP contribution >= 0.6 is 0 Å². The molecule has 2 heterocycles. The molecule has 3 N–H and O–H groups in total. The molecule has 2 saturated heterocycles. The summed E-state index contributed by atoms with van der Waals surface area (Å²) in [7, 11) is 0. The predicted octanol–water partition coefficient (Wildman–Crippen LogP) is 3.73. The van der Waals surface area contributed by atoms with Gasteiger partial charge in [0.25, 0.3) is 0 Å². The first-order chi connectivity index (χ1) is 30.6. The molecule has 21 heteroatoms. The van der Waals surface area contributed by atoms with E-state index in [1.165, 1.54) is 13.8 Å². The third-order valence-corrected chi connectivity index (χ3v) is 9.22. The van der Waals surface area contributed by atoms with E-state index in [2.05, 4.69) is 10.6 Å². The minimum atomic E-state index is -1.35. The second-order valence-electron chi connectivity index (χ2n) is 18.1. The van der Waals surface area contributed by atoms with Gasteiger partial charge in [-0.15, -0.1) is 0 Å². The molecule has 0 saturated carbocycles. The Balaban J connectivity index is 0.000000468. The van der Waals surface area contributed by atoms with E-state index in [0.717, 1.165) is 0 Å². The number of hydrogen-bond donors (Lipinski definition) is 3. The van der Waals surface area contributed by atoms with Crippen molar-refractivity contribution in [3.8, 4) is 0 Å². The van der Waals surface area contributed by atoms with Crippen LogP contribution in [-0.2, 0) is 71.4 Å². The minimum absolute atomic E-state index is 0.0546. The number of benzene rings is 1. The maximum absolute atomic E-state index is 13.1. The molecule has 2 fully saturated rings. The summed E-state index contributed by atoms with van der Waals surface area (Å²) in [4.78, 5) is 112. The van der Waals surface area contributed by atoms with Crippen molar-refractivity contribution < 1.29 is 90.9 Å². The van der Waals surface area contributed by atoms with Gasteiger partial charge in [0.2, 0.25) is 0 Å². The van der Waals surface area contributed by atoms with Crippen molar-refractivity contribution in [1.29, 1.82) is 0 Å². The van der Waals surface area contributed by atoms with Crippen LogP contribution in [0.4, 0.5) is 9.59 Å². The normalized spacial score (nSPS) is 23.9. The van der Waals surface area contributed by atoms with Crippen LogP contribution in [0.5, 0.6) is 0 Å². The lowest BCUT2D eigenvalue weighted by molar-refractivity contribution is -0.177. The maximum Gasteiger partial charge on any atom is 0.408 e. The molecule has 2 amide bonds. The summed E-state index contributed by atoms with van der Waals surface area (Å²) in [5, 5.41) is 14.0. The molecule has 3 rings (SSSR count). The lowest BCUT2D eigenvalue weighted by Crippen LogP contribution is -2.48. The Kier molecular flexibility index (Phi) is 21.8. The van der Waals surface area contributed by atoms with Gasteiger partial charge < -0.3 is 58.4 Å². The molecule has 0 spiro atoms. The van der Waals surface area contributed by atoms with Crippen molar-refractivity contribution in [3.05, 3.63) is 35.9 Å². The smallest absolute Gasteiger partial charge is 0.408 e. The van der Waals surface area contributed by atoms with Crippen molar-refractivity contribution >= 4 is 54.0 Å². The number of hydrogen-bond acceptors (Lipinski definition) is 19. The zero-order valence-corrected chi connectivity index (χ0v) is 39.7. The molecule has 370 valence electrons. The van der Waals surface area contributed by atoms with E-state index < -0.39 is 139 Å². The number of alkyl carbamates (subject to hydrolysis) is 2. The van der Waals surface area contributed by atoms with E-state index in [1.807, 2.05) is 0 Å². The number of amides is 2. The Morgan fingerprint density at radius 1 is 0.652 bits per heavy atom. The molecule has 0 unspecified atom stereocenters. The standard InChI is InChI=1S/C26H35NO10.C19H31NO9/c1-15(2)21(28)36-20-16(3)35-24(31)19(27-25(32)37-26(4,5)6)14-34-23(30)18(20)12-13-33-22(29)17-10-8-7-9-11-17;1-10(2)15(22)28-14-11(3)27-17(24)13(20-18(25)29-19(4,5)6)9-26-16(23)12(14)7-8-21/h7-11,15-16,18-20H,12-14H2,1-6H3,(H,27,32);10-14,21H,7-9H2,1-6H3,(H,20,25)/t16-,18+,19-,20-;11-,12+,13-,14-/m00/s1. The van der Waals surface area contributed by atoms with Gasteiger partial charge in [-0.2, -0.15) is 0 Å². The maximum atomic E-state index is 13.1. The molecule has 0 aliphatic carbocycles. The highest BCUT2D eigenvalue weighted by molar-refractivity contribution is 5.89. The zero-order valence-electron chi connectivity index (χ0n) is 39.7. The van der Waals surface area contributed by atoms with Gasteiger partial charge in [0, 0.05) is 6.61 Å². The summed E-state index contributed by atoms with van der Waals surface area (Å²) >= 11 is 0. The van der Waals surface area contributed by atoms with Gasteiger partial charge in [-0.3, -0.25) is 19.2 Å². The van der Waals surface area contributed by atoms with Crippen LogP contribution in [0.1, 0.15) is 106 Å². The average Bonchev–Trinajstić information content (AvgIpc) is 3.26. The molecule has 0 radical (unpaired) electrons. The molecule has 1 aromatic rings. The summed E-state index contributed by atoms with van der Waals surface area (Å²) in [6, 6.07) is 5.65.